The molecule has 0 amide bonds. The van der Waals surface area contributed by atoms with Crippen molar-refractivity contribution in [3.8, 4) is 0 Å². The predicted octanol–water partition coefficient (Wildman–Crippen LogP) is 1.23. The van der Waals surface area contributed by atoms with Crippen LogP contribution in [0.5, 0.6) is 0 Å². The van der Waals surface area contributed by atoms with Crippen molar-refractivity contribution in [1.29, 1.82) is 5.41 Å². The Morgan fingerprint density at radius 3 is 2.64 bits per heavy atom. The molecule has 1 unspecified atom stereocenters. The number of benzene rings is 1. The number of nitrogen functional groups attached to an aromatic ring is 1. The van der Waals surface area contributed by atoms with Crippen LogP contribution in [0.4, 0.5) is 0 Å². The Bertz CT molecular complexity index is 298. The smallest absolute Gasteiger partial charge is 0.122 e. The molecule has 0 saturated heterocycles. The highest BCUT2D eigenvalue weighted by atomic mass is 79.9. The lowest BCUT2D eigenvalue weighted by Crippen LogP contribution is -2.12. The van der Waals surface area contributed by atoms with Crippen molar-refractivity contribution in [3.63, 3.8) is 0 Å². The molecule has 0 spiro atoms. The zero-order chi connectivity index (χ0) is 8.43. The molecule has 0 bridgehead atoms. The van der Waals surface area contributed by atoms with E-state index in [1.807, 2.05) is 12.1 Å². The van der Waals surface area contributed by atoms with Crippen molar-refractivity contribution in [2.24, 2.45) is 5.73 Å². The summed E-state index contributed by atoms with van der Waals surface area (Å²) < 4.78 is 1.01. The van der Waals surface area contributed by atoms with E-state index in [0.717, 1.165) is 15.3 Å². The highest BCUT2D eigenvalue weighted by molar-refractivity contribution is 9.10. The number of hydrogen-bond acceptors (Lipinski definition) is 1. The molecule has 3 N–H and O–H groups in total. The van der Waals surface area contributed by atoms with Gasteiger partial charge >= 0.3 is 0 Å². The van der Waals surface area contributed by atoms with E-state index in [1.165, 1.54) is 0 Å². The van der Waals surface area contributed by atoms with Crippen LogP contribution in [-0.4, -0.2) is 5.84 Å². The largest absolute Gasteiger partial charge is 0.384 e. The number of nitrogens with one attached hydrogen (secondary N) is 1. The molecule has 4 heteroatoms. The molecule has 0 aromatic heterocycles. The van der Waals surface area contributed by atoms with Crippen LogP contribution in [0.25, 0.3) is 0 Å². The second-order valence-corrected chi connectivity index (χ2v) is 3.63. The summed E-state index contributed by atoms with van der Waals surface area (Å²) in [5.74, 6) is 0.0983. The van der Waals surface area contributed by atoms with Crippen molar-refractivity contribution in [1.82, 2.24) is 0 Å². The molecule has 0 heterocycles. The van der Waals surface area contributed by atoms with E-state index in [0.29, 0.717) is 0 Å². The lowest BCUT2D eigenvalue weighted by atomic mass is 10.2. The molecular weight excluding hydrogens is 223 g/mol. The molecule has 1 rings (SSSR count). The SMILES string of the molecule is N=C(N)c1ccc(Br)c(P)c1. The van der Waals surface area contributed by atoms with E-state index >= 15 is 0 Å². The predicted molar refractivity (Wildman–Crippen MR) is 54.5 cm³/mol. The van der Waals surface area contributed by atoms with Gasteiger partial charge in [-0.05, 0) is 17.4 Å². The maximum absolute atomic E-state index is 7.16. The summed E-state index contributed by atoms with van der Waals surface area (Å²) in [6.45, 7) is 0. The van der Waals surface area contributed by atoms with E-state index in [-0.39, 0.29) is 5.84 Å². The maximum Gasteiger partial charge on any atom is 0.122 e. The molecule has 11 heavy (non-hydrogen) atoms. The molecule has 0 saturated carbocycles. The van der Waals surface area contributed by atoms with Gasteiger partial charge in [0.25, 0.3) is 0 Å². The van der Waals surface area contributed by atoms with Crippen LogP contribution in [0, 0.1) is 5.41 Å². The first kappa shape index (κ1) is 8.69. The Morgan fingerprint density at radius 2 is 2.18 bits per heavy atom. The fraction of sp³-hybridized carbons (Fsp3) is 0. The summed E-state index contributed by atoms with van der Waals surface area (Å²) in [5, 5.41) is 8.17. The van der Waals surface area contributed by atoms with Crippen LogP contribution in [0.1, 0.15) is 5.56 Å². The zero-order valence-electron chi connectivity index (χ0n) is 5.76. The van der Waals surface area contributed by atoms with Crippen LogP contribution in [0.15, 0.2) is 22.7 Å². The Labute approximate surface area is 76.0 Å². The second kappa shape index (κ2) is 3.33. The summed E-state index contributed by atoms with van der Waals surface area (Å²) in [6, 6.07) is 5.52. The minimum atomic E-state index is 0.0983. The van der Waals surface area contributed by atoms with Crippen LogP contribution in [-0.2, 0) is 0 Å². The average Bonchev–Trinajstić information content (AvgIpc) is 1.94. The first-order chi connectivity index (χ1) is 5.11. The number of hydrogen-bond donors (Lipinski definition) is 2. The molecule has 0 fully saturated rings. The van der Waals surface area contributed by atoms with Gasteiger partial charge in [-0.15, -0.1) is 9.24 Å². The summed E-state index contributed by atoms with van der Waals surface area (Å²) in [7, 11) is 2.57. The molecule has 0 radical (unpaired) electrons. The van der Waals surface area contributed by atoms with Gasteiger partial charge in [0.2, 0.25) is 0 Å². The fourth-order valence-electron chi connectivity index (χ4n) is 0.711. The van der Waals surface area contributed by atoms with E-state index in [4.69, 9.17) is 11.1 Å². The highest BCUT2D eigenvalue weighted by Crippen LogP contribution is 2.10. The fourth-order valence-corrected chi connectivity index (χ4v) is 1.23. The standard InChI is InChI=1S/C7H8BrN2P/c8-5-2-1-4(7(9)10)3-6(5)11/h1-3H,11H2,(H3,9,10). The van der Waals surface area contributed by atoms with E-state index in [9.17, 15) is 0 Å². The first-order valence-electron chi connectivity index (χ1n) is 3.00. The molecule has 0 aliphatic carbocycles. The van der Waals surface area contributed by atoms with E-state index < -0.39 is 0 Å². The molecule has 1 aromatic rings. The molecule has 0 aliphatic heterocycles. The van der Waals surface area contributed by atoms with Crippen molar-refractivity contribution in [3.05, 3.63) is 28.2 Å². The third-order valence-corrected chi connectivity index (χ3v) is 2.93. The maximum atomic E-state index is 7.16. The van der Waals surface area contributed by atoms with Gasteiger partial charge in [0, 0.05) is 10.0 Å². The quantitative estimate of drug-likeness (QED) is 0.426. The van der Waals surface area contributed by atoms with Gasteiger partial charge < -0.3 is 5.73 Å². The number of halogens is 1. The van der Waals surface area contributed by atoms with Crippen LogP contribution >= 0.6 is 25.2 Å². The van der Waals surface area contributed by atoms with Gasteiger partial charge in [0.1, 0.15) is 5.84 Å². The summed E-state index contributed by atoms with van der Waals surface area (Å²) in [4.78, 5) is 0. The zero-order valence-corrected chi connectivity index (χ0v) is 8.51. The van der Waals surface area contributed by atoms with E-state index in [2.05, 4.69) is 25.2 Å². The lowest BCUT2D eigenvalue weighted by molar-refractivity contribution is 1.43. The number of amidine groups is 1. The summed E-state index contributed by atoms with van der Waals surface area (Å²) in [5.41, 5.74) is 6.04. The second-order valence-electron chi connectivity index (χ2n) is 2.15. The average molecular weight is 231 g/mol. The molecule has 0 aliphatic rings. The minimum absolute atomic E-state index is 0.0983. The van der Waals surface area contributed by atoms with Crippen LogP contribution < -0.4 is 11.0 Å². The van der Waals surface area contributed by atoms with Crippen molar-refractivity contribution in [2.45, 2.75) is 0 Å². The molecule has 58 valence electrons. The van der Waals surface area contributed by atoms with Crippen molar-refractivity contribution in [2.75, 3.05) is 0 Å². The Morgan fingerprint density at radius 1 is 1.55 bits per heavy atom. The monoisotopic (exact) mass is 230 g/mol. The Balaban J connectivity index is 3.15. The van der Waals surface area contributed by atoms with Crippen LogP contribution in [0.2, 0.25) is 0 Å². The summed E-state index contributed by atoms with van der Waals surface area (Å²) >= 11 is 3.35. The number of rotatable bonds is 1. The number of nitrogens with two attached hydrogens (primary N) is 1. The van der Waals surface area contributed by atoms with Crippen molar-refractivity contribution < 1.29 is 0 Å². The van der Waals surface area contributed by atoms with Crippen LogP contribution in [0.3, 0.4) is 0 Å². The molecule has 1 atom stereocenters. The third-order valence-electron chi connectivity index (χ3n) is 1.31. The Hall–Kier alpha value is -0.400. The summed E-state index contributed by atoms with van der Waals surface area (Å²) in [6.07, 6.45) is 0. The van der Waals surface area contributed by atoms with Crippen molar-refractivity contribution >= 4 is 36.3 Å². The molecular formula is C7H8BrN2P. The van der Waals surface area contributed by atoms with Gasteiger partial charge in [-0.25, -0.2) is 0 Å². The van der Waals surface area contributed by atoms with Gasteiger partial charge in [-0.2, -0.15) is 0 Å². The minimum Gasteiger partial charge on any atom is -0.384 e. The first-order valence-corrected chi connectivity index (χ1v) is 4.37. The van der Waals surface area contributed by atoms with E-state index in [1.54, 1.807) is 6.07 Å². The molecule has 1 aromatic carbocycles. The van der Waals surface area contributed by atoms with Gasteiger partial charge in [-0.3, -0.25) is 5.41 Å². The molecule has 2 nitrogen and oxygen atoms in total. The third kappa shape index (κ3) is 2.01. The lowest BCUT2D eigenvalue weighted by Gasteiger charge is -2.00. The highest BCUT2D eigenvalue weighted by Gasteiger charge is 1.98. The Kier molecular flexibility index (Phi) is 2.63. The van der Waals surface area contributed by atoms with Gasteiger partial charge in [0.05, 0.1) is 0 Å². The topological polar surface area (TPSA) is 49.9 Å². The van der Waals surface area contributed by atoms with Gasteiger partial charge in [0.15, 0.2) is 0 Å². The van der Waals surface area contributed by atoms with Gasteiger partial charge in [-0.1, -0.05) is 22.0 Å². The normalized spacial score (nSPS) is 9.64.